The number of nitrogens with two attached hydrogens (primary N) is 1. The zero-order valence-corrected chi connectivity index (χ0v) is 14.6. The number of hydrogen-bond acceptors (Lipinski definition) is 5. The number of anilines is 2. The second kappa shape index (κ2) is 9.42. The lowest BCUT2D eigenvalue weighted by Crippen LogP contribution is -2.38. The van der Waals surface area contributed by atoms with Crippen molar-refractivity contribution in [1.82, 2.24) is 15.3 Å². The van der Waals surface area contributed by atoms with Gasteiger partial charge < -0.3 is 16.4 Å². The average molecular weight is 370 g/mol. The molecule has 1 heterocycles. The minimum atomic E-state index is -0.112. The lowest BCUT2D eigenvalue weighted by atomic mass is 10.1. The maximum Gasteiger partial charge on any atom is 0.251 e. The summed E-state index contributed by atoms with van der Waals surface area (Å²) in [5.41, 5.74) is 7.38. The number of amides is 1. The van der Waals surface area contributed by atoms with Gasteiger partial charge in [-0.2, -0.15) is 0 Å². The SMILES string of the molecule is Cl.Cl.NC(CNC(=O)c1cccc(Nc2cnccn2)c1)C1CC1. The van der Waals surface area contributed by atoms with Crippen molar-refractivity contribution in [3.63, 3.8) is 0 Å². The third-order valence-electron chi connectivity index (χ3n) is 3.69. The fourth-order valence-corrected chi connectivity index (χ4v) is 2.25. The number of rotatable bonds is 6. The maximum atomic E-state index is 12.2. The topological polar surface area (TPSA) is 92.9 Å². The van der Waals surface area contributed by atoms with Crippen molar-refractivity contribution in [1.29, 1.82) is 0 Å². The molecule has 3 rings (SSSR count). The summed E-state index contributed by atoms with van der Waals surface area (Å²) in [7, 11) is 0. The summed E-state index contributed by atoms with van der Waals surface area (Å²) < 4.78 is 0. The summed E-state index contributed by atoms with van der Waals surface area (Å²) in [5.74, 6) is 1.10. The molecule has 0 aliphatic heterocycles. The molecule has 4 N–H and O–H groups in total. The van der Waals surface area contributed by atoms with Crippen molar-refractivity contribution in [2.24, 2.45) is 11.7 Å². The standard InChI is InChI=1S/C16H19N5O.2ClH/c17-14(11-4-5-11)9-20-16(22)12-2-1-3-13(8-12)21-15-10-18-6-7-19-15;;/h1-3,6-8,10-11,14H,4-5,9,17H2,(H,19,21)(H,20,22);2*1H. The van der Waals surface area contributed by atoms with E-state index in [-0.39, 0.29) is 36.8 Å². The van der Waals surface area contributed by atoms with Crippen LogP contribution in [-0.4, -0.2) is 28.5 Å². The third kappa shape index (κ3) is 5.63. The number of nitrogens with one attached hydrogen (secondary N) is 2. The molecule has 0 saturated heterocycles. The van der Waals surface area contributed by atoms with Crippen LogP contribution >= 0.6 is 24.8 Å². The minimum absolute atomic E-state index is 0. The van der Waals surface area contributed by atoms with Gasteiger partial charge >= 0.3 is 0 Å². The molecule has 1 aromatic carbocycles. The van der Waals surface area contributed by atoms with Gasteiger partial charge in [-0.15, -0.1) is 24.8 Å². The molecule has 1 unspecified atom stereocenters. The summed E-state index contributed by atoms with van der Waals surface area (Å²) in [6, 6.07) is 7.33. The Hall–Kier alpha value is -1.89. The van der Waals surface area contributed by atoms with E-state index >= 15 is 0 Å². The zero-order valence-electron chi connectivity index (χ0n) is 13.0. The number of carbonyl (C=O) groups excluding carboxylic acids is 1. The summed E-state index contributed by atoms with van der Waals surface area (Å²) in [4.78, 5) is 20.3. The van der Waals surface area contributed by atoms with Gasteiger partial charge in [0.05, 0.1) is 6.20 Å². The van der Waals surface area contributed by atoms with Crippen LogP contribution in [0.15, 0.2) is 42.9 Å². The summed E-state index contributed by atoms with van der Waals surface area (Å²) in [5, 5.41) is 6.01. The molecular formula is C16H21Cl2N5O. The second-order valence-corrected chi connectivity index (χ2v) is 5.51. The van der Waals surface area contributed by atoms with Gasteiger partial charge in [-0.05, 0) is 37.0 Å². The number of aromatic nitrogens is 2. The van der Waals surface area contributed by atoms with Crippen molar-refractivity contribution in [3.8, 4) is 0 Å². The Morgan fingerprint density at radius 3 is 2.75 bits per heavy atom. The van der Waals surface area contributed by atoms with Gasteiger partial charge in [-0.3, -0.25) is 9.78 Å². The Kier molecular flexibility index (Phi) is 7.91. The molecule has 1 saturated carbocycles. The number of halogens is 2. The number of carbonyl (C=O) groups is 1. The fourth-order valence-electron chi connectivity index (χ4n) is 2.25. The lowest BCUT2D eigenvalue weighted by molar-refractivity contribution is 0.0950. The van der Waals surface area contributed by atoms with Gasteiger partial charge in [0, 0.05) is 36.2 Å². The van der Waals surface area contributed by atoms with Gasteiger partial charge in [-0.25, -0.2) is 4.98 Å². The molecule has 1 fully saturated rings. The van der Waals surface area contributed by atoms with Crippen LogP contribution in [-0.2, 0) is 0 Å². The molecule has 6 nitrogen and oxygen atoms in total. The zero-order chi connectivity index (χ0) is 15.4. The Balaban J connectivity index is 0.00000144. The molecule has 24 heavy (non-hydrogen) atoms. The van der Waals surface area contributed by atoms with E-state index in [1.807, 2.05) is 12.1 Å². The molecule has 130 valence electrons. The van der Waals surface area contributed by atoms with Crippen molar-refractivity contribution in [2.75, 3.05) is 11.9 Å². The molecule has 1 aromatic heterocycles. The smallest absolute Gasteiger partial charge is 0.251 e. The van der Waals surface area contributed by atoms with Crippen LogP contribution in [0.1, 0.15) is 23.2 Å². The van der Waals surface area contributed by atoms with E-state index in [1.54, 1.807) is 30.7 Å². The van der Waals surface area contributed by atoms with E-state index in [0.29, 0.717) is 23.8 Å². The Morgan fingerprint density at radius 1 is 1.29 bits per heavy atom. The summed E-state index contributed by atoms with van der Waals surface area (Å²) >= 11 is 0. The van der Waals surface area contributed by atoms with E-state index in [1.165, 1.54) is 12.8 Å². The number of hydrogen-bond donors (Lipinski definition) is 3. The van der Waals surface area contributed by atoms with Crippen LogP contribution in [0.25, 0.3) is 0 Å². The van der Waals surface area contributed by atoms with Crippen molar-refractivity contribution in [3.05, 3.63) is 48.4 Å². The van der Waals surface area contributed by atoms with E-state index in [2.05, 4.69) is 20.6 Å². The predicted molar refractivity (Wildman–Crippen MR) is 99.3 cm³/mol. The largest absolute Gasteiger partial charge is 0.350 e. The molecule has 1 atom stereocenters. The van der Waals surface area contributed by atoms with Crippen LogP contribution in [0.5, 0.6) is 0 Å². The predicted octanol–water partition coefficient (Wildman–Crippen LogP) is 2.53. The van der Waals surface area contributed by atoms with E-state index in [9.17, 15) is 4.79 Å². The number of nitrogens with zero attached hydrogens (tertiary/aromatic N) is 2. The van der Waals surface area contributed by atoms with Gasteiger partial charge in [0.2, 0.25) is 0 Å². The highest BCUT2D eigenvalue weighted by Gasteiger charge is 2.28. The molecule has 1 aliphatic rings. The highest BCUT2D eigenvalue weighted by molar-refractivity contribution is 5.95. The summed E-state index contributed by atoms with van der Waals surface area (Å²) in [6.45, 7) is 0.519. The quantitative estimate of drug-likeness (QED) is 0.727. The normalized spacial score (nSPS) is 13.9. The van der Waals surface area contributed by atoms with Crippen LogP contribution in [0.3, 0.4) is 0 Å². The average Bonchev–Trinajstić information content (AvgIpc) is 3.38. The Bertz CT molecular complexity index is 652. The molecule has 2 aromatic rings. The monoisotopic (exact) mass is 369 g/mol. The first-order chi connectivity index (χ1) is 10.7. The molecule has 1 amide bonds. The molecule has 1 aliphatic carbocycles. The van der Waals surface area contributed by atoms with Gasteiger partial charge in [0.15, 0.2) is 0 Å². The maximum absolute atomic E-state index is 12.2. The van der Waals surface area contributed by atoms with E-state index < -0.39 is 0 Å². The van der Waals surface area contributed by atoms with Crippen LogP contribution in [0, 0.1) is 5.92 Å². The fraction of sp³-hybridized carbons (Fsp3) is 0.312. The minimum Gasteiger partial charge on any atom is -0.350 e. The summed E-state index contributed by atoms with van der Waals surface area (Å²) in [6.07, 6.45) is 7.20. The third-order valence-corrected chi connectivity index (χ3v) is 3.69. The highest BCUT2D eigenvalue weighted by Crippen LogP contribution is 2.31. The van der Waals surface area contributed by atoms with E-state index in [4.69, 9.17) is 5.73 Å². The van der Waals surface area contributed by atoms with Gasteiger partial charge in [0.1, 0.15) is 5.82 Å². The first-order valence-corrected chi connectivity index (χ1v) is 7.39. The molecule has 0 spiro atoms. The molecule has 0 bridgehead atoms. The van der Waals surface area contributed by atoms with Gasteiger partial charge in [0.25, 0.3) is 5.91 Å². The van der Waals surface area contributed by atoms with Crippen molar-refractivity contribution in [2.45, 2.75) is 18.9 Å². The van der Waals surface area contributed by atoms with Crippen LogP contribution < -0.4 is 16.4 Å². The van der Waals surface area contributed by atoms with Crippen LogP contribution in [0.2, 0.25) is 0 Å². The second-order valence-electron chi connectivity index (χ2n) is 5.51. The van der Waals surface area contributed by atoms with E-state index in [0.717, 1.165) is 5.69 Å². The first-order valence-electron chi connectivity index (χ1n) is 7.39. The number of benzene rings is 1. The Labute approximate surface area is 153 Å². The van der Waals surface area contributed by atoms with Crippen LogP contribution in [0.4, 0.5) is 11.5 Å². The Morgan fingerprint density at radius 2 is 2.08 bits per heavy atom. The van der Waals surface area contributed by atoms with Crippen molar-refractivity contribution >= 4 is 42.2 Å². The highest BCUT2D eigenvalue weighted by atomic mass is 35.5. The van der Waals surface area contributed by atoms with Gasteiger partial charge in [-0.1, -0.05) is 6.07 Å². The molecule has 8 heteroatoms. The lowest BCUT2D eigenvalue weighted by Gasteiger charge is -2.12. The first kappa shape index (κ1) is 20.2. The molecule has 0 radical (unpaired) electrons. The molecular weight excluding hydrogens is 349 g/mol. The van der Waals surface area contributed by atoms with Crippen molar-refractivity contribution < 1.29 is 4.79 Å².